The highest BCUT2D eigenvalue weighted by Gasteiger charge is 2.34. The Morgan fingerprint density at radius 2 is 2.14 bits per heavy atom. The molecule has 0 amide bonds. The smallest absolute Gasteiger partial charge is 0.361 e. The number of guanidine groups is 1. The summed E-state index contributed by atoms with van der Waals surface area (Å²) in [6.07, 6.45) is -1.02. The number of H-pyrrole nitrogens is 1. The number of nitrogens with zero attached hydrogens (tertiary/aromatic N) is 2. The number of alkyl halides is 3. The Balaban J connectivity index is 0.00000280. The number of hydrogen-bond donors (Lipinski definition) is 3. The minimum absolute atomic E-state index is 0. The van der Waals surface area contributed by atoms with E-state index in [0.29, 0.717) is 38.4 Å². The van der Waals surface area contributed by atoms with E-state index in [2.05, 4.69) is 20.6 Å². The molecule has 5 nitrogen and oxygen atoms in total. The van der Waals surface area contributed by atoms with Crippen molar-refractivity contribution < 1.29 is 17.6 Å². The molecular weight excluding hydrogens is 489 g/mol. The van der Waals surface area contributed by atoms with Gasteiger partial charge in [0.15, 0.2) is 5.96 Å². The summed E-state index contributed by atoms with van der Waals surface area (Å²) in [6.45, 7) is 0.438. The second kappa shape index (κ2) is 9.77. The molecule has 1 aromatic carbocycles. The number of aliphatic imine (C=N–C) groups is 1. The summed E-state index contributed by atoms with van der Waals surface area (Å²) < 4.78 is 50.9. The molecule has 2 heterocycles. The minimum atomic E-state index is -4.17. The SMILES string of the molecule is CN=C(NCCc1c[nH]c2ccc(F)cc12)NC1CCN(CC(F)(F)F)C1.I. The van der Waals surface area contributed by atoms with Gasteiger partial charge in [0.1, 0.15) is 5.82 Å². The Kier molecular flexibility index (Phi) is 7.93. The lowest BCUT2D eigenvalue weighted by Crippen LogP contribution is -2.45. The highest BCUT2D eigenvalue weighted by Crippen LogP contribution is 2.20. The molecular formula is C18H24F4IN5. The Morgan fingerprint density at radius 3 is 2.86 bits per heavy atom. The third-order valence-electron chi connectivity index (χ3n) is 4.66. The van der Waals surface area contributed by atoms with Crippen molar-refractivity contribution in [1.29, 1.82) is 0 Å². The van der Waals surface area contributed by atoms with E-state index in [1.165, 1.54) is 17.0 Å². The predicted octanol–water partition coefficient (Wildman–Crippen LogP) is 3.27. The molecule has 1 unspecified atom stereocenters. The maximum absolute atomic E-state index is 13.4. The fourth-order valence-corrected chi connectivity index (χ4v) is 3.41. The van der Waals surface area contributed by atoms with Crippen LogP contribution < -0.4 is 10.6 Å². The average molecular weight is 513 g/mol. The first-order valence-electron chi connectivity index (χ1n) is 8.86. The molecule has 1 aliphatic rings. The quantitative estimate of drug-likeness (QED) is 0.249. The molecule has 1 aromatic heterocycles. The maximum Gasteiger partial charge on any atom is 0.401 e. The lowest BCUT2D eigenvalue weighted by molar-refractivity contribution is -0.143. The van der Waals surface area contributed by atoms with E-state index >= 15 is 0 Å². The van der Waals surface area contributed by atoms with Crippen LogP contribution in [0.15, 0.2) is 29.4 Å². The molecule has 3 rings (SSSR count). The number of halogens is 5. The summed E-state index contributed by atoms with van der Waals surface area (Å²) in [5.74, 6) is 0.276. The first-order chi connectivity index (χ1) is 12.8. The van der Waals surface area contributed by atoms with Crippen LogP contribution in [0.2, 0.25) is 0 Å². The number of aromatic amines is 1. The molecule has 0 spiro atoms. The molecule has 1 atom stereocenters. The van der Waals surface area contributed by atoms with Gasteiger partial charge in [0, 0.05) is 49.8 Å². The Morgan fingerprint density at radius 1 is 1.36 bits per heavy atom. The number of nitrogens with one attached hydrogen (secondary N) is 3. The molecule has 0 bridgehead atoms. The number of hydrogen-bond acceptors (Lipinski definition) is 2. The molecule has 0 aliphatic carbocycles. The van der Waals surface area contributed by atoms with Crippen molar-refractivity contribution >= 4 is 40.8 Å². The Hall–Kier alpha value is -1.56. The molecule has 28 heavy (non-hydrogen) atoms. The number of likely N-dealkylation sites (tertiary alicyclic amines) is 1. The van der Waals surface area contributed by atoms with E-state index < -0.39 is 12.7 Å². The maximum atomic E-state index is 13.4. The van der Waals surface area contributed by atoms with Crippen molar-refractivity contribution in [2.45, 2.75) is 25.1 Å². The zero-order chi connectivity index (χ0) is 19.4. The van der Waals surface area contributed by atoms with E-state index in [1.54, 1.807) is 13.1 Å². The van der Waals surface area contributed by atoms with E-state index in [-0.39, 0.29) is 35.8 Å². The predicted molar refractivity (Wildman–Crippen MR) is 113 cm³/mol. The van der Waals surface area contributed by atoms with Crippen LogP contribution in [0.1, 0.15) is 12.0 Å². The monoisotopic (exact) mass is 513 g/mol. The van der Waals surface area contributed by atoms with Gasteiger partial charge in [0.2, 0.25) is 0 Å². The molecule has 1 aliphatic heterocycles. The first kappa shape index (κ1) is 22.7. The van der Waals surface area contributed by atoms with Gasteiger partial charge in [-0.3, -0.25) is 9.89 Å². The second-order valence-corrected chi connectivity index (χ2v) is 6.73. The van der Waals surface area contributed by atoms with Crippen molar-refractivity contribution in [2.24, 2.45) is 4.99 Å². The summed E-state index contributed by atoms with van der Waals surface area (Å²) in [6, 6.07) is 4.55. The van der Waals surface area contributed by atoms with Gasteiger partial charge < -0.3 is 15.6 Å². The molecule has 1 fully saturated rings. The topological polar surface area (TPSA) is 55.5 Å². The standard InChI is InChI=1S/C18H23F4N5.HI/c1-23-17(26-14-5-7-27(10-14)11-18(20,21)22)24-6-4-12-9-25-16-3-2-13(19)8-15(12)16;/h2-3,8-9,14,25H,4-7,10-11H2,1H3,(H2,23,24,26);1H. The number of rotatable bonds is 5. The molecule has 2 aromatic rings. The summed E-state index contributed by atoms with van der Waals surface area (Å²) in [5.41, 5.74) is 1.87. The molecule has 156 valence electrons. The highest BCUT2D eigenvalue weighted by molar-refractivity contribution is 14.0. The number of aromatic nitrogens is 1. The van der Waals surface area contributed by atoms with Crippen LogP contribution in [0.4, 0.5) is 17.6 Å². The lowest BCUT2D eigenvalue weighted by Gasteiger charge is -2.19. The fourth-order valence-electron chi connectivity index (χ4n) is 3.41. The van der Waals surface area contributed by atoms with Crippen LogP contribution in [-0.2, 0) is 6.42 Å². The van der Waals surface area contributed by atoms with Gasteiger partial charge >= 0.3 is 6.18 Å². The molecule has 1 saturated heterocycles. The van der Waals surface area contributed by atoms with Gasteiger partial charge in [-0.15, -0.1) is 24.0 Å². The van der Waals surface area contributed by atoms with Gasteiger partial charge in [-0.25, -0.2) is 4.39 Å². The summed E-state index contributed by atoms with van der Waals surface area (Å²) in [7, 11) is 1.62. The van der Waals surface area contributed by atoms with Crippen molar-refractivity contribution in [1.82, 2.24) is 20.5 Å². The largest absolute Gasteiger partial charge is 0.401 e. The normalized spacial score (nSPS) is 18.3. The van der Waals surface area contributed by atoms with E-state index in [4.69, 9.17) is 0 Å². The van der Waals surface area contributed by atoms with Gasteiger partial charge in [-0.2, -0.15) is 13.2 Å². The van der Waals surface area contributed by atoms with Gasteiger partial charge in [0.25, 0.3) is 0 Å². The summed E-state index contributed by atoms with van der Waals surface area (Å²) in [4.78, 5) is 8.64. The Labute approximate surface area is 178 Å². The Bertz CT molecular complexity index is 805. The van der Waals surface area contributed by atoms with Crippen LogP contribution in [-0.4, -0.2) is 61.3 Å². The zero-order valence-corrected chi connectivity index (χ0v) is 17.8. The van der Waals surface area contributed by atoms with Gasteiger partial charge in [-0.05, 0) is 36.6 Å². The number of benzene rings is 1. The van der Waals surface area contributed by atoms with E-state index in [1.807, 2.05) is 6.20 Å². The third-order valence-corrected chi connectivity index (χ3v) is 4.66. The fraction of sp³-hybridized carbons (Fsp3) is 0.500. The molecule has 0 saturated carbocycles. The first-order valence-corrected chi connectivity index (χ1v) is 8.86. The van der Waals surface area contributed by atoms with Crippen LogP contribution in [0.3, 0.4) is 0 Å². The van der Waals surface area contributed by atoms with Gasteiger partial charge in [-0.1, -0.05) is 0 Å². The average Bonchev–Trinajstić information content (AvgIpc) is 3.19. The van der Waals surface area contributed by atoms with E-state index in [9.17, 15) is 17.6 Å². The van der Waals surface area contributed by atoms with Crippen molar-refractivity contribution in [2.75, 3.05) is 33.2 Å². The highest BCUT2D eigenvalue weighted by atomic mass is 127. The van der Waals surface area contributed by atoms with Crippen LogP contribution in [0.25, 0.3) is 10.9 Å². The van der Waals surface area contributed by atoms with Crippen molar-refractivity contribution in [3.8, 4) is 0 Å². The molecule has 0 radical (unpaired) electrons. The van der Waals surface area contributed by atoms with Crippen molar-refractivity contribution in [3.63, 3.8) is 0 Å². The molecule has 3 N–H and O–H groups in total. The van der Waals surface area contributed by atoms with Crippen LogP contribution >= 0.6 is 24.0 Å². The van der Waals surface area contributed by atoms with Crippen LogP contribution in [0.5, 0.6) is 0 Å². The summed E-state index contributed by atoms with van der Waals surface area (Å²) in [5, 5.41) is 7.18. The van der Waals surface area contributed by atoms with Crippen molar-refractivity contribution in [3.05, 3.63) is 35.8 Å². The minimum Gasteiger partial charge on any atom is -0.361 e. The number of fused-ring (bicyclic) bond motifs is 1. The summed E-state index contributed by atoms with van der Waals surface area (Å²) >= 11 is 0. The third kappa shape index (κ3) is 6.23. The van der Waals surface area contributed by atoms with E-state index in [0.717, 1.165) is 16.5 Å². The lowest BCUT2D eigenvalue weighted by atomic mass is 10.1. The molecule has 10 heteroatoms. The van der Waals surface area contributed by atoms with Gasteiger partial charge in [0.05, 0.1) is 6.54 Å². The van der Waals surface area contributed by atoms with Crippen LogP contribution in [0, 0.1) is 5.82 Å². The second-order valence-electron chi connectivity index (χ2n) is 6.73. The zero-order valence-electron chi connectivity index (χ0n) is 15.4.